The summed E-state index contributed by atoms with van der Waals surface area (Å²) < 4.78 is 5.24. The fraction of sp³-hybridized carbons (Fsp3) is 0.533. The zero-order chi connectivity index (χ0) is 13.8. The first kappa shape index (κ1) is 13.9. The third-order valence-electron chi connectivity index (χ3n) is 3.76. The van der Waals surface area contributed by atoms with Crippen LogP contribution in [-0.2, 0) is 4.79 Å². The second-order valence-electron chi connectivity index (χ2n) is 5.03. The molecule has 2 rings (SSSR count). The Kier molecular flexibility index (Phi) is 4.43. The van der Waals surface area contributed by atoms with E-state index in [2.05, 4.69) is 6.92 Å². The summed E-state index contributed by atoms with van der Waals surface area (Å²) in [6.07, 6.45) is 0.915. The number of rotatable bonds is 5. The molecule has 1 aromatic carbocycles. The van der Waals surface area contributed by atoms with Gasteiger partial charge in [0.1, 0.15) is 11.9 Å². The Morgan fingerprint density at radius 1 is 1.47 bits per heavy atom. The molecule has 1 aliphatic rings. The van der Waals surface area contributed by atoms with Crippen molar-refractivity contribution in [3.63, 3.8) is 0 Å². The van der Waals surface area contributed by atoms with E-state index in [1.807, 2.05) is 24.3 Å². The van der Waals surface area contributed by atoms with E-state index in [1.54, 1.807) is 12.0 Å². The van der Waals surface area contributed by atoms with Crippen molar-refractivity contribution in [1.82, 2.24) is 4.90 Å². The van der Waals surface area contributed by atoms with Gasteiger partial charge in [-0.05, 0) is 12.0 Å². The number of para-hydroxylation sites is 1. The van der Waals surface area contributed by atoms with Gasteiger partial charge in [-0.2, -0.15) is 0 Å². The van der Waals surface area contributed by atoms with Crippen molar-refractivity contribution in [2.45, 2.75) is 25.9 Å². The lowest BCUT2D eigenvalue weighted by atomic mass is 10.1. The maximum Gasteiger partial charge on any atom is 0.223 e. The molecule has 0 aliphatic carbocycles. The Morgan fingerprint density at radius 3 is 2.84 bits per heavy atom. The third-order valence-corrected chi connectivity index (χ3v) is 3.76. The second-order valence-corrected chi connectivity index (χ2v) is 5.03. The largest absolute Gasteiger partial charge is 0.496 e. The normalized spacial score (nSPS) is 20.7. The van der Waals surface area contributed by atoms with E-state index in [0.717, 1.165) is 18.5 Å². The molecule has 0 bridgehead atoms. The van der Waals surface area contributed by atoms with Gasteiger partial charge in [0, 0.05) is 18.5 Å². The molecule has 0 spiro atoms. The standard InChI is InChI=1S/C15H21NO3/c1-3-11-8-15(18)16(9-11)10-13(17)12-6-4-5-7-14(12)19-2/h4-7,11,13,17H,3,8-10H2,1-2H3. The van der Waals surface area contributed by atoms with Crippen molar-refractivity contribution < 1.29 is 14.6 Å². The molecule has 1 amide bonds. The van der Waals surface area contributed by atoms with E-state index in [4.69, 9.17) is 4.74 Å². The van der Waals surface area contributed by atoms with E-state index >= 15 is 0 Å². The van der Waals surface area contributed by atoms with Gasteiger partial charge in [-0.3, -0.25) is 4.79 Å². The van der Waals surface area contributed by atoms with Crippen LogP contribution in [0.3, 0.4) is 0 Å². The molecule has 1 aliphatic heterocycles. The number of ether oxygens (including phenoxy) is 1. The molecular weight excluding hydrogens is 242 g/mol. The Balaban J connectivity index is 2.05. The number of β-amino-alcohol motifs (C(OH)–C–C–N with tert-alkyl or cyclic N) is 1. The first-order chi connectivity index (χ1) is 9.15. The summed E-state index contributed by atoms with van der Waals surface area (Å²) in [6, 6.07) is 7.38. The van der Waals surface area contributed by atoms with Crippen molar-refractivity contribution in [1.29, 1.82) is 0 Å². The molecule has 0 radical (unpaired) electrons. The highest BCUT2D eigenvalue weighted by molar-refractivity contribution is 5.78. The Morgan fingerprint density at radius 2 is 2.21 bits per heavy atom. The van der Waals surface area contributed by atoms with Crippen molar-refractivity contribution >= 4 is 5.91 Å². The highest BCUT2D eigenvalue weighted by Crippen LogP contribution is 2.28. The number of carbonyl (C=O) groups is 1. The van der Waals surface area contributed by atoms with Crippen LogP contribution in [-0.4, -0.2) is 36.1 Å². The van der Waals surface area contributed by atoms with Crippen LogP contribution in [0.5, 0.6) is 5.75 Å². The molecule has 4 nitrogen and oxygen atoms in total. The van der Waals surface area contributed by atoms with Gasteiger partial charge in [0.25, 0.3) is 0 Å². The second kappa shape index (κ2) is 6.06. The van der Waals surface area contributed by atoms with Gasteiger partial charge < -0.3 is 14.7 Å². The number of aliphatic hydroxyl groups is 1. The van der Waals surface area contributed by atoms with Crippen LogP contribution in [0.25, 0.3) is 0 Å². The number of nitrogens with zero attached hydrogens (tertiary/aromatic N) is 1. The summed E-state index contributed by atoms with van der Waals surface area (Å²) in [5.74, 6) is 1.23. The fourth-order valence-electron chi connectivity index (χ4n) is 2.55. The summed E-state index contributed by atoms with van der Waals surface area (Å²) in [5.41, 5.74) is 0.734. The van der Waals surface area contributed by atoms with Crippen LogP contribution in [0.1, 0.15) is 31.4 Å². The van der Waals surface area contributed by atoms with Crippen molar-refractivity contribution in [2.24, 2.45) is 5.92 Å². The van der Waals surface area contributed by atoms with Crippen LogP contribution in [0.15, 0.2) is 24.3 Å². The highest BCUT2D eigenvalue weighted by Gasteiger charge is 2.30. The molecular formula is C15H21NO3. The van der Waals surface area contributed by atoms with E-state index < -0.39 is 6.10 Å². The molecule has 1 saturated heterocycles. The lowest BCUT2D eigenvalue weighted by molar-refractivity contribution is -0.129. The molecule has 2 atom stereocenters. The lowest BCUT2D eigenvalue weighted by Crippen LogP contribution is -2.30. The quantitative estimate of drug-likeness (QED) is 0.883. The molecule has 1 fully saturated rings. The molecule has 104 valence electrons. The van der Waals surface area contributed by atoms with Gasteiger partial charge in [-0.25, -0.2) is 0 Å². The summed E-state index contributed by atoms with van der Waals surface area (Å²) in [4.78, 5) is 13.6. The average Bonchev–Trinajstić information content (AvgIpc) is 2.79. The lowest BCUT2D eigenvalue weighted by Gasteiger charge is -2.22. The maximum absolute atomic E-state index is 11.8. The number of benzene rings is 1. The van der Waals surface area contributed by atoms with Gasteiger partial charge in [0.2, 0.25) is 5.91 Å². The predicted octanol–water partition coefficient (Wildman–Crippen LogP) is 1.99. The first-order valence-electron chi connectivity index (χ1n) is 6.74. The minimum absolute atomic E-state index is 0.140. The average molecular weight is 263 g/mol. The van der Waals surface area contributed by atoms with E-state index in [0.29, 0.717) is 24.6 Å². The fourth-order valence-corrected chi connectivity index (χ4v) is 2.55. The zero-order valence-corrected chi connectivity index (χ0v) is 11.5. The van der Waals surface area contributed by atoms with Crippen LogP contribution in [0, 0.1) is 5.92 Å². The molecule has 19 heavy (non-hydrogen) atoms. The summed E-state index contributed by atoms with van der Waals surface area (Å²) >= 11 is 0. The van der Waals surface area contributed by atoms with Crippen molar-refractivity contribution in [2.75, 3.05) is 20.2 Å². The number of aliphatic hydroxyl groups excluding tert-OH is 1. The Hall–Kier alpha value is -1.55. The van der Waals surface area contributed by atoms with E-state index in [9.17, 15) is 9.90 Å². The first-order valence-corrected chi connectivity index (χ1v) is 6.74. The number of hydrogen-bond acceptors (Lipinski definition) is 3. The van der Waals surface area contributed by atoms with E-state index in [-0.39, 0.29) is 5.91 Å². The number of amides is 1. The van der Waals surface area contributed by atoms with Gasteiger partial charge in [-0.15, -0.1) is 0 Å². The van der Waals surface area contributed by atoms with Crippen molar-refractivity contribution in [3.8, 4) is 5.75 Å². The Bertz CT molecular complexity index is 447. The SMILES string of the molecule is CCC1CC(=O)N(CC(O)c2ccccc2OC)C1. The van der Waals surface area contributed by atoms with Crippen LogP contribution in [0.2, 0.25) is 0 Å². The molecule has 2 unspecified atom stereocenters. The monoisotopic (exact) mass is 263 g/mol. The Labute approximate surface area is 114 Å². The number of carbonyl (C=O) groups excluding carboxylic acids is 1. The highest BCUT2D eigenvalue weighted by atomic mass is 16.5. The van der Waals surface area contributed by atoms with Gasteiger partial charge in [0.15, 0.2) is 0 Å². The maximum atomic E-state index is 11.8. The minimum atomic E-state index is -0.698. The van der Waals surface area contributed by atoms with Crippen molar-refractivity contribution in [3.05, 3.63) is 29.8 Å². The third kappa shape index (κ3) is 3.07. The van der Waals surface area contributed by atoms with E-state index in [1.165, 1.54) is 0 Å². The van der Waals surface area contributed by atoms with Crippen LogP contribution >= 0.6 is 0 Å². The molecule has 1 heterocycles. The predicted molar refractivity (Wildman–Crippen MR) is 72.9 cm³/mol. The van der Waals surface area contributed by atoms with Gasteiger partial charge in [-0.1, -0.05) is 31.5 Å². The molecule has 0 aromatic heterocycles. The van der Waals surface area contributed by atoms with Gasteiger partial charge in [0.05, 0.1) is 13.7 Å². The number of hydrogen-bond donors (Lipinski definition) is 1. The van der Waals surface area contributed by atoms with Crippen LogP contribution < -0.4 is 4.74 Å². The van der Waals surface area contributed by atoms with Gasteiger partial charge >= 0.3 is 0 Å². The molecule has 0 saturated carbocycles. The smallest absolute Gasteiger partial charge is 0.223 e. The minimum Gasteiger partial charge on any atom is -0.496 e. The van der Waals surface area contributed by atoms with Crippen LogP contribution in [0.4, 0.5) is 0 Å². The zero-order valence-electron chi connectivity index (χ0n) is 11.5. The molecule has 1 N–H and O–H groups in total. The topological polar surface area (TPSA) is 49.8 Å². The number of likely N-dealkylation sites (tertiary alicyclic amines) is 1. The summed E-state index contributed by atoms with van der Waals surface area (Å²) in [6.45, 7) is 3.19. The summed E-state index contributed by atoms with van der Waals surface area (Å²) in [5, 5.41) is 10.3. The summed E-state index contributed by atoms with van der Waals surface area (Å²) in [7, 11) is 1.58. The molecule has 1 aromatic rings. The molecule has 4 heteroatoms. The number of methoxy groups -OCH3 is 1.